The fraction of sp³-hybridized carbons (Fsp3) is 0.633. The van der Waals surface area contributed by atoms with E-state index in [2.05, 4.69) is 68.2 Å². The Morgan fingerprint density at radius 1 is 0.424 bits per heavy atom. The van der Waals surface area contributed by atoms with Gasteiger partial charge in [-0.15, -0.1) is 0 Å². The number of esters is 16. The monoisotopic (exact) mass is 1890 g/mol. The van der Waals surface area contributed by atoms with E-state index < -0.39 is 168 Å². The number of ether oxygens (including phenoxy) is 17. The fourth-order valence-electron chi connectivity index (χ4n) is 21.4. The average molecular weight is 1890 g/mol. The van der Waals surface area contributed by atoms with E-state index in [1.54, 1.807) is 34.6 Å². The molecule has 0 radical (unpaired) electrons. The van der Waals surface area contributed by atoms with Gasteiger partial charge in [-0.2, -0.15) is 22.1 Å². The maximum absolute atomic E-state index is 11.8. The highest BCUT2D eigenvalue weighted by Crippen LogP contribution is 2.66. The second kappa shape index (κ2) is 37.3. The first-order valence-electron chi connectivity index (χ1n) is 43.1. The van der Waals surface area contributed by atoms with Crippen LogP contribution >= 0.6 is 0 Å². The van der Waals surface area contributed by atoms with Crippen molar-refractivity contribution in [1.29, 1.82) is 5.26 Å². The van der Waals surface area contributed by atoms with Crippen LogP contribution in [0.5, 0.6) is 0 Å². The van der Waals surface area contributed by atoms with E-state index in [0.29, 0.717) is 112 Å². The Bertz CT molecular complexity index is 5200. The molecule has 0 amide bonds. The zero-order valence-corrected chi connectivity index (χ0v) is 75.6. The first-order chi connectivity index (χ1) is 61.7. The number of carbonyl (C=O) groups is 16. The van der Waals surface area contributed by atoms with Gasteiger partial charge in [-0.1, -0.05) is 52.6 Å². The first-order valence-corrected chi connectivity index (χ1v) is 46.1. The summed E-state index contributed by atoms with van der Waals surface area (Å²) in [6.07, 6.45) is 4.94. The summed E-state index contributed by atoms with van der Waals surface area (Å²) in [6.45, 7) is 39.8. The Hall–Kier alpha value is -11.3. The first kappa shape index (κ1) is 98.2. The lowest BCUT2D eigenvalue weighted by molar-refractivity contribution is -0.202. The van der Waals surface area contributed by atoms with Gasteiger partial charge in [-0.25, -0.2) is 52.7 Å². The molecular weight excluding hydrogens is 1780 g/mol. The van der Waals surface area contributed by atoms with Crippen LogP contribution in [-0.4, -0.2) is 239 Å². The Kier molecular flexibility index (Phi) is 27.7. The molecule has 20 rings (SSSR count). The van der Waals surface area contributed by atoms with Crippen molar-refractivity contribution in [2.45, 2.75) is 265 Å². The molecule has 10 aliphatic heterocycles. The second-order valence-corrected chi connectivity index (χ2v) is 41.1. The standard InChI is InChI=1S/C14H16O6.C13H13NO4.C13H16O7S.C12H14O4.C11H14O5S.C11H12O5.2C8H10O4/c1-6(2)13(16)18-5-10(15)19-11-7-3-8-9(4-7)14(17)20-12(8)11;1-7(2)10(15)18-12-3-8-9(4-12)17-11(16)13(8,5-12)6-14;1-6(2)13(15)18-5-10(14)19-11-7-3-8-9(4-7)21(16,17)20-12(8)11;1-6(2)10(13)16-12-3-7-8(4-12)11(14)15-9(7)5-12;1-6(2)10(12)15-11-3-7-8(4-11)16-17(13,14)9(7)5-11;1-5(2)9(12)16-11-3-6-8(15-11)7(4-11)14-10(6)13;1-5(2)8(10)12-6-3-7(9)11-4-6;1-5(2)7(9)12-6-3-4-11-8(6)10/h7-9,11-12H,1,3-5H2,2H3;8-9H,1,3-5H2,2H3;7-9,11-12H,1,3-5H2,2H3;7-9H,1,3-5H2,2H3;7-9H,1,3-5H2,2H3;6-8H,1,3-4H2,2H3;2*6H,1,3-4H2,2H3. The molecule has 20 aliphatic rings. The van der Waals surface area contributed by atoms with Crippen LogP contribution in [0.4, 0.5) is 0 Å². The van der Waals surface area contributed by atoms with Gasteiger partial charge in [0.2, 0.25) is 11.9 Å². The van der Waals surface area contributed by atoms with Crippen molar-refractivity contribution < 1.29 is 182 Å². The number of carbonyl (C=O) groups excluding carboxylic acids is 16. The van der Waals surface area contributed by atoms with Crippen LogP contribution in [-0.2, 0) is 186 Å². The minimum Gasteiger partial charge on any atom is -0.463 e. The summed E-state index contributed by atoms with van der Waals surface area (Å²) >= 11 is 0. The predicted molar refractivity (Wildman–Crippen MR) is 438 cm³/mol. The van der Waals surface area contributed by atoms with Crippen LogP contribution in [0.3, 0.4) is 0 Å². The van der Waals surface area contributed by atoms with Crippen molar-refractivity contribution >= 4 is 116 Å². The lowest BCUT2D eigenvalue weighted by Crippen LogP contribution is -2.38. The molecular formula is C90H105NO39S2. The highest BCUT2D eigenvalue weighted by Gasteiger charge is 2.76. The Morgan fingerprint density at radius 3 is 1.43 bits per heavy atom. The third-order valence-electron chi connectivity index (χ3n) is 27.3. The molecule has 0 spiro atoms. The van der Waals surface area contributed by atoms with Crippen LogP contribution in [0.15, 0.2) is 97.2 Å². The molecule has 10 saturated carbocycles. The number of nitrogens with zero attached hydrogens (tertiary/aromatic N) is 1. The van der Waals surface area contributed by atoms with Gasteiger partial charge in [0.15, 0.2) is 18.6 Å². The number of rotatable bonds is 20. The molecule has 12 bridgehead atoms. The van der Waals surface area contributed by atoms with E-state index in [9.17, 15) is 98.8 Å². The van der Waals surface area contributed by atoms with E-state index >= 15 is 0 Å². The van der Waals surface area contributed by atoms with Crippen LogP contribution in [0.25, 0.3) is 0 Å². The van der Waals surface area contributed by atoms with Crippen molar-refractivity contribution in [3.05, 3.63) is 97.2 Å². The third kappa shape index (κ3) is 19.9. The van der Waals surface area contributed by atoms with Crippen LogP contribution in [0.1, 0.15) is 165 Å². The summed E-state index contributed by atoms with van der Waals surface area (Å²) < 4.78 is 144. The molecule has 10 saturated heterocycles. The summed E-state index contributed by atoms with van der Waals surface area (Å²) in [5.41, 5.74) is -0.480. The van der Waals surface area contributed by atoms with E-state index in [1.807, 2.05) is 0 Å². The molecule has 0 aromatic carbocycles. The summed E-state index contributed by atoms with van der Waals surface area (Å²) in [5, 5.41) is 8.34. The number of hydrogen-bond donors (Lipinski definition) is 0. The minimum atomic E-state index is -3.53. The summed E-state index contributed by atoms with van der Waals surface area (Å²) in [4.78, 5) is 181. The Balaban J connectivity index is 0.000000129. The van der Waals surface area contributed by atoms with Gasteiger partial charge in [0.1, 0.15) is 78.3 Å². The van der Waals surface area contributed by atoms with Crippen molar-refractivity contribution in [3.63, 3.8) is 0 Å². The van der Waals surface area contributed by atoms with Crippen molar-refractivity contribution in [3.8, 4) is 6.07 Å². The quantitative estimate of drug-likeness (QED) is 0.0655. The van der Waals surface area contributed by atoms with Crippen molar-refractivity contribution in [1.82, 2.24) is 0 Å². The number of nitriles is 1. The van der Waals surface area contributed by atoms with Crippen LogP contribution < -0.4 is 0 Å². The molecule has 0 aromatic heterocycles. The molecule has 42 heteroatoms. The zero-order chi connectivity index (χ0) is 96.6. The Labute approximate surface area is 758 Å². The number of cyclic esters (lactones) is 2. The molecule has 40 nitrogen and oxygen atoms in total. The van der Waals surface area contributed by atoms with E-state index in [-0.39, 0.29) is 162 Å². The van der Waals surface area contributed by atoms with Gasteiger partial charge in [0.05, 0.1) is 59.9 Å². The number of fused-ring (bicyclic) bond motifs is 6. The molecule has 10 heterocycles. The Morgan fingerprint density at radius 2 is 0.924 bits per heavy atom. The largest absolute Gasteiger partial charge is 0.463 e. The topological polar surface area (TPSA) is 541 Å². The third-order valence-corrected chi connectivity index (χ3v) is 30.9. The van der Waals surface area contributed by atoms with Gasteiger partial charge in [0.25, 0.3) is 20.2 Å². The van der Waals surface area contributed by atoms with Crippen molar-refractivity contribution in [2.24, 2.45) is 64.6 Å². The lowest BCUT2D eigenvalue weighted by Gasteiger charge is -2.29. The lowest BCUT2D eigenvalue weighted by atomic mass is 9.75. The van der Waals surface area contributed by atoms with Gasteiger partial charge in [0, 0.05) is 137 Å². The van der Waals surface area contributed by atoms with Gasteiger partial charge in [-0.05, 0) is 100 Å². The summed E-state index contributed by atoms with van der Waals surface area (Å²) in [7, 11) is -6.96. The van der Waals surface area contributed by atoms with E-state index in [1.165, 1.54) is 20.8 Å². The smallest absolute Gasteiger partial charge is 0.347 e. The minimum absolute atomic E-state index is 0.00192. The molecule has 28 atom stereocenters. The zero-order valence-electron chi connectivity index (χ0n) is 74.0. The van der Waals surface area contributed by atoms with Crippen LogP contribution in [0, 0.1) is 75.9 Å². The number of hydrogen-bond acceptors (Lipinski definition) is 40. The van der Waals surface area contributed by atoms with Crippen LogP contribution in [0.2, 0.25) is 0 Å². The summed E-state index contributed by atoms with van der Waals surface area (Å²) in [5.74, 6) is -7.98. The van der Waals surface area contributed by atoms with E-state index in [0.717, 1.165) is 19.3 Å². The molecule has 10 aliphatic carbocycles. The highest BCUT2D eigenvalue weighted by atomic mass is 32.2. The normalized spacial score (nSPS) is 37.8. The highest BCUT2D eigenvalue weighted by molar-refractivity contribution is 7.88. The molecule has 20 fully saturated rings. The second-order valence-electron chi connectivity index (χ2n) is 37.6. The molecule has 0 N–H and O–H groups in total. The maximum atomic E-state index is 11.8. The van der Waals surface area contributed by atoms with Gasteiger partial charge < -0.3 is 80.5 Å². The van der Waals surface area contributed by atoms with Crippen molar-refractivity contribution in [2.75, 3.05) is 26.4 Å². The molecule has 132 heavy (non-hydrogen) atoms. The van der Waals surface area contributed by atoms with E-state index in [4.69, 9.17) is 79.4 Å². The fourth-order valence-corrected chi connectivity index (χ4v) is 25.2. The predicted octanol–water partition coefficient (Wildman–Crippen LogP) is 5.18. The molecule has 0 aromatic rings. The van der Waals surface area contributed by atoms with Gasteiger partial charge in [-0.3, -0.25) is 32.3 Å². The average Bonchev–Trinajstić information content (AvgIpc) is 1.52. The molecule has 716 valence electrons. The molecule has 28 unspecified atom stereocenters. The SMILES string of the molecule is C=C(C)C(=O)OC12CC3OC(=O)C(C#N)(C1)C3C2.C=C(C)C(=O)OC12CC3OC(=O)C(C1)C3C2.C=C(C)C(=O)OC12CC3OC(=O)C(C1)C3O2.C=C(C)C(=O)OC12CC3OS(=O)(=O)C(C1)C3C2.C=C(C)C(=O)OC1CCOC1=O.C=C(C)C(=O)OC1COC(=O)C1.C=C(C)C(=O)OCC(=O)OC1C2CC3C(=O)OC1C3C2.C=C(C)C(=O)OCC(=O)OC1C2CC3C1OS(=O)(=O)C3C2. The maximum Gasteiger partial charge on any atom is 0.347 e. The van der Waals surface area contributed by atoms with Gasteiger partial charge >= 0.3 is 95.5 Å². The summed E-state index contributed by atoms with van der Waals surface area (Å²) in [6, 6.07) is 2.09.